The summed E-state index contributed by atoms with van der Waals surface area (Å²) in [5.74, 6) is 2.00. The van der Waals surface area contributed by atoms with Crippen molar-refractivity contribution < 1.29 is 9.53 Å². The lowest BCUT2D eigenvalue weighted by Gasteiger charge is -2.28. The molecule has 2 heterocycles. The van der Waals surface area contributed by atoms with Gasteiger partial charge < -0.3 is 14.2 Å². The van der Waals surface area contributed by atoms with Crippen molar-refractivity contribution >= 4 is 17.7 Å². The number of thioether (sulfide) groups is 1. The zero-order chi connectivity index (χ0) is 20.2. The van der Waals surface area contributed by atoms with E-state index in [2.05, 4.69) is 28.4 Å². The first-order valence-electron chi connectivity index (χ1n) is 9.70. The first-order chi connectivity index (χ1) is 14.1. The second-order valence-corrected chi connectivity index (χ2v) is 8.04. The van der Waals surface area contributed by atoms with Crippen LogP contribution in [0.2, 0.25) is 0 Å². The van der Waals surface area contributed by atoms with E-state index in [0.717, 1.165) is 24.5 Å². The molecule has 1 aliphatic heterocycles. The Morgan fingerprint density at radius 2 is 1.83 bits per heavy atom. The molecule has 0 radical (unpaired) electrons. The zero-order valence-corrected chi connectivity index (χ0v) is 17.4. The summed E-state index contributed by atoms with van der Waals surface area (Å²) in [7, 11) is 1.91. The van der Waals surface area contributed by atoms with Crippen molar-refractivity contribution in [2.75, 3.05) is 12.3 Å². The van der Waals surface area contributed by atoms with E-state index in [9.17, 15) is 4.79 Å². The molecule has 2 aromatic carbocycles. The number of rotatable bonds is 6. The van der Waals surface area contributed by atoms with E-state index in [4.69, 9.17) is 4.74 Å². The molecule has 150 valence electrons. The summed E-state index contributed by atoms with van der Waals surface area (Å²) in [6.07, 6.45) is 0.674. The monoisotopic (exact) mass is 408 g/mol. The van der Waals surface area contributed by atoms with Crippen LogP contribution in [0.4, 0.5) is 0 Å². The Morgan fingerprint density at radius 1 is 1.10 bits per heavy atom. The molecule has 0 fully saturated rings. The van der Waals surface area contributed by atoms with Gasteiger partial charge in [-0.3, -0.25) is 4.79 Å². The molecule has 1 aliphatic rings. The summed E-state index contributed by atoms with van der Waals surface area (Å²) in [6.45, 7) is 3.39. The number of carbonyl (C=O) groups excluding carboxylic acids is 1. The van der Waals surface area contributed by atoms with Gasteiger partial charge in [-0.2, -0.15) is 0 Å². The number of hydrogen-bond donors (Lipinski definition) is 0. The smallest absolute Gasteiger partial charge is 0.233 e. The average molecular weight is 409 g/mol. The largest absolute Gasteiger partial charge is 0.483 e. The van der Waals surface area contributed by atoms with Gasteiger partial charge in [-0.1, -0.05) is 54.2 Å². The lowest BCUT2D eigenvalue weighted by atomic mass is 10.00. The van der Waals surface area contributed by atoms with Gasteiger partial charge in [-0.05, 0) is 36.6 Å². The summed E-state index contributed by atoms with van der Waals surface area (Å²) in [4.78, 5) is 14.6. The fourth-order valence-electron chi connectivity index (χ4n) is 3.49. The third-order valence-electron chi connectivity index (χ3n) is 5.10. The fourth-order valence-corrected chi connectivity index (χ4v) is 4.31. The molecule has 4 rings (SSSR count). The Hall–Kier alpha value is -2.80. The second kappa shape index (κ2) is 8.69. The summed E-state index contributed by atoms with van der Waals surface area (Å²) in [5, 5.41) is 9.25. The van der Waals surface area contributed by atoms with Crippen LogP contribution >= 0.6 is 11.8 Å². The number of fused-ring (bicyclic) bond motifs is 1. The summed E-state index contributed by atoms with van der Waals surface area (Å²) in [5.41, 5.74) is 2.58. The minimum absolute atomic E-state index is 0.127. The van der Waals surface area contributed by atoms with Crippen LogP contribution in [0.3, 0.4) is 0 Å². The predicted molar refractivity (Wildman–Crippen MR) is 113 cm³/mol. The number of nitrogens with zero attached hydrogens (tertiary/aromatic N) is 4. The van der Waals surface area contributed by atoms with Gasteiger partial charge in [0, 0.05) is 20.1 Å². The molecule has 0 bridgehead atoms. The molecule has 0 spiro atoms. The minimum Gasteiger partial charge on any atom is -0.483 e. The van der Waals surface area contributed by atoms with Gasteiger partial charge in [0.1, 0.15) is 5.75 Å². The van der Waals surface area contributed by atoms with Gasteiger partial charge in [0.25, 0.3) is 0 Å². The van der Waals surface area contributed by atoms with Gasteiger partial charge in [-0.15, -0.1) is 10.2 Å². The Kier molecular flexibility index (Phi) is 5.85. The summed E-state index contributed by atoms with van der Waals surface area (Å²) < 4.78 is 7.84. The van der Waals surface area contributed by atoms with Crippen molar-refractivity contribution in [1.82, 2.24) is 19.7 Å². The Morgan fingerprint density at radius 3 is 2.62 bits per heavy atom. The van der Waals surface area contributed by atoms with Crippen molar-refractivity contribution in [3.05, 3.63) is 71.5 Å². The van der Waals surface area contributed by atoms with Crippen molar-refractivity contribution in [2.24, 2.45) is 7.05 Å². The fraction of sp³-hybridized carbons (Fsp3) is 0.318. The molecule has 0 N–H and O–H groups in total. The maximum atomic E-state index is 12.7. The highest BCUT2D eigenvalue weighted by Crippen LogP contribution is 2.24. The molecule has 7 heteroatoms. The quantitative estimate of drug-likeness (QED) is 0.583. The van der Waals surface area contributed by atoms with Crippen molar-refractivity contribution in [3.8, 4) is 5.75 Å². The van der Waals surface area contributed by atoms with Crippen LogP contribution in [0.1, 0.15) is 30.0 Å². The number of benzene rings is 2. The molecule has 3 aromatic rings. The van der Waals surface area contributed by atoms with Crippen molar-refractivity contribution in [2.45, 2.75) is 31.1 Å². The van der Waals surface area contributed by atoms with Crippen LogP contribution in [-0.2, 0) is 24.8 Å². The van der Waals surface area contributed by atoms with Crippen molar-refractivity contribution in [3.63, 3.8) is 0 Å². The normalized spacial score (nSPS) is 14.3. The van der Waals surface area contributed by atoms with Crippen LogP contribution in [0.5, 0.6) is 5.75 Å². The Balaban J connectivity index is 1.35. The number of hydrogen-bond acceptors (Lipinski definition) is 5. The van der Waals surface area contributed by atoms with E-state index in [1.54, 1.807) is 0 Å². The number of amides is 1. The predicted octanol–water partition coefficient (Wildman–Crippen LogP) is 3.63. The third-order valence-corrected chi connectivity index (χ3v) is 6.10. The van der Waals surface area contributed by atoms with E-state index < -0.39 is 0 Å². The molecule has 0 unspecified atom stereocenters. The molecule has 0 saturated heterocycles. The SMILES string of the molecule is C[C@H](Oc1ccccc1)c1nnc(SCC(=O)N2CCc3ccccc3C2)n1C. The third kappa shape index (κ3) is 4.45. The number of ether oxygens (including phenoxy) is 1. The van der Waals surface area contributed by atoms with Crippen molar-refractivity contribution in [1.29, 1.82) is 0 Å². The van der Waals surface area contributed by atoms with E-state index >= 15 is 0 Å². The maximum absolute atomic E-state index is 12.7. The number of aromatic nitrogens is 3. The average Bonchev–Trinajstić information content (AvgIpc) is 3.12. The van der Waals surface area contributed by atoms with Gasteiger partial charge in [0.2, 0.25) is 5.91 Å². The van der Waals surface area contributed by atoms with Crippen LogP contribution in [0.15, 0.2) is 59.8 Å². The van der Waals surface area contributed by atoms with Crippen LogP contribution < -0.4 is 4.74 Å². The lowest BCUT2D eigenvalue weighted by Crippen LogP contribution is -2.37. The summed E-state index contributed by atoms with van der Waals surface area (Å²) >= 11 is 1.42. The van der Waals surface area contributed by atoms with Crippen LogP contribution in [0, 0.1) is 0 Å². The summed E-state index contributed by atoms with van der Waals surface area (Å²) in [6, 6.07) is 18.0. The van der Waals surface area contributed by atoms with E-state index in [-0.39, 0.29) is 12.0 Å². The molecular weight excluding hydrogens is 384 g/mol. The van der Waals surface area contributed by atoms with E-state index in [1.807, 2.05) is 59.8 Å². The first kappa shape index (κ1) is 19.5. The zero-order valence-electron chi connectivity index (χ0n) is 16.6. The highest BCUT2D eigenvalue weighted by Gasteiger charge is 2.22. The van der Waals surface area contributed by atoms with Gasteiger partial charge >= 0.3 is 0 Å². The second-order valence-electron chi connectivity index (χ2n) is 7.10. The molecule has 1 amide bonds. The topological polar surface area (TPSA) is 60.3 Å². The van der Waals surface area contributed by atoms with Crippen LogP contribution in [-0.4, -0.2) is 37.9 Å². The van der Waals surface area contributed by atoms with E-state index in [0.29, 0.717) is 17.5 Å². The molecule has 0 aliphatic carbocycles. The minimum atomic E-state index is -0.237. The lowest BCUT2D eigenvalue weighted by molar-refractivity contribution is -0.129. The standard InChI is InChI=1S/C22H24N4O2S/c1-16(28-19-10-4-3-5-11-19)21-23-24-22(25(21)2)29-15-20(27)26-13-12-17-8-6-7-9-18(17)14-26/h3-11,16H,12-15H2,1-2H3/t16-/m0/s1. The first-order valence-corrected chi connectivity index (χ1v) is 10.7. The molecule has 1 atom stereocenters. The van der Waals surface area contributed by atoms with Gasteiger partial charge in [-0.25, -0.2) is 0 Å². The molecule has 1 aromatic heterocycles. The Labute approximate surface area is 174 Å². The van der Waals surface area contributed by atoms with Gasteiger partial charge in [0.15, 0.2) is 17.1 Å². The molecule has 29 heavy (non-hydrogen) atoms. The van der Waals surface area contributed by atoms with Crippen LogP contribution in [0.25, 0.3) is 0 Å². The molecule has 0 saturated carbocycles. The van der Waals surface area contributed by atoms with E-state index in [1.165, 1.54) is 22.9 Å². The number of carbonyl (C=O) groups is 1. The molecule has 6 nitrogen and oxygen atoms in total. The highest BCUT2D eigenvalue weighted by molar-refractivity contribution is 7.99. The highest BCUT2D eigenvalue weighted by atomic mass is 32.2. The number of para-hydroxylation sites is 1. The van der Waals surface area contributed by atoms with Gasteiger partial charge in [0.05, 0.1) is 5.75 Å². The maximum Gasteiger partial charge on any atom is 0.233 e. The molecular formula is C22H24N4O2S. The Bertz CT molecular complexity index is 989.